The summed E-state index contributed by atoms with van der Waals surface area (Å²) in [5.41, 5.74) is 4.61. The topological polar surface area (TPSA) is 32.9 Å². The van der Waals surface area contributed by atoms with E-state index in [0.717, 1.165) is 32.1 Å². The molecule has 0 aliphatic rings. The highest BCUT2D eigenvalue weighted by atomic mass is 79.9. The van der Waals surface area contributed by atoms with Crippen LogP contribution in [0, 0.1) is 13.8 Å². The molecule has 0 saturated heterocycles. The average Bonchev–Trinajstić information content (AvgIpc) is 2.86. The van der Waals surface area contributed by atoms with E-state index in [2.05, 4.69) is 20.9 Å². The molecule has 1 heterocycles. The summed E-state index contributed by atoms with van der Waals surface area (Å²) in [7, 11) is 0. The van der Waals surface area contributed by atoms with Gasteiger partial charge in [-0.25, -0.2) is 0 Å². The smallest absolute Gasteiger partial charge is 0.196 e. The molecule has 2 nitrogen and oxygen atoms in total. The zero-order valence-electron chi connectivity index (χ0n) is 11.3. The van der Waals surface area contributed by atoms with Gasteiger partial charge in [0.1, 0.15) is 0 Å². The third-order valence-electron chi connectivity index (χ3n) is 3.53. The lowest BCUT2D eigenvalue weighted by atomic mass is 9.99. The van der Waals surface area contributed by atoms with Gasteiger partial charge in [-0.15, -0.1) is 0 Å². The summed E-state index contributed by atoms with van der Waals surface area (Å²) in [6.07, 6.45) is 1.80. The van der Waals surface area contributed by atoms with Gasteiger partial charge in [0, 0.05) is 32.7 Å². The minimum Gasteiger partial charge on any atom is -0.360 e. The number of rotatable bonds is 2. The van der Waals surface area contributed by atoms with E-state index in [1.165, 1.54) is 0 Å². The molecule has 3 rings (SSSR count). The fourth-order valence-corrected chi connectivity index (χ4v) is 2.93. The highest BCUT2D eigenvalue weighted by Crippen LogP contribution is 2.27. The summed E-state index contributed by atoms with van der Waals surface area (Å²) in [4.78, 5) is 16.0. The number of ketones is 1. The Bertz CT molecular complexity index is 817. The molecular weight excluding hydrogens is 314 g/mol. The Labute approximate surface area is 126 Å². The van der Waals surface area contributed by atoms with Crippen molar-refractivity contribution < 1.29 is 4.79 Å². The van der Waals surface area contributed by atoms with E-state index < -0.39 is 0 Å². The summed E-state index contributed by atoms with van der Waals surface area (Å²) in [5.74, 6) is 0.0427. The Morgan fingerprint density at radius 2 is 1.90 bits per heavy atom. The van der Waals surface area contributed by atoms with Crippen LogP contribution in [0.5, 0.6) is 0 Å². The summed E-state index contributed by atoms with van der Waals surface area (Å²) in [5, 5.41) is 1.01. The van der Waals surface area contributed by atoms with Crippen molar-refractivity contribution in [2.24, 2.45) is 0 Å². The number of benzene rings is 2. The van der Waals surface area contributed by atoms with Crippen molar-refractivity contribution in [1.29, 1.82) is 0 Å². The number of carbonyl (C=O) groups is 1. The number of hydrogen-bond acceptors (Lipinski definition) is 1. The van der Waals surface area contributed by atoms with Crippen LogP contribution in [0.4, 0.5) is 0 Å². The van der Waals surface area contributed by atoms with Crippen LogP contribution in [0.25, 0.3) is 10.9 Å². The van der Waals surface area contributed by atoms with E-state index in [-0.39, 0.29) is 5.78 Å². The average molecular weight is 328 g/mol. The van der Waals surface area contributed by atoms with Crippen molar-refractivity contribution in [3.8, 4) is 0 Å². The SMILES string of the molecule is Cc1ccc(Br)c(C(=O)c2c[nH]c3cccc(C)c23)c1. The molecule has 20 heavy (non-hydrogen) atoms. The molecule has 0 bridgehead atoms. The van der Waals surface area contributed by atoms with Crippen molar-refractivity contribution in [3.63, 3.8) is 0 Å². The number of nitrogens with one attached hydrogen (secondary N) is 1. The Morgan fingerprint density at radius 1 is 1.10 bits per heavy atom. The fraction of sp³-hybridized carbons (Fsp3) is 0.118. The molecule has 3 aromatic rings. The van der Waals surface area contributed by atoms with Gasteiger partial charge in [0.05, 0.1) is 0 Å². The summed E-state index contributed by atoms with van der Waals surface area (Å²) in [6, 6.07) is 11.8. The summed E-state index contributed by atoms with van der Waals surface area (Å²) < 4.78 is 0.830. The van der Waals surface area contributed by atoms with Crippen molar-refractivity contribution in [3.05, 3.63) is 69.3 Å². The van der Waals surface area contributed by atoms with E-state index in [0.29, 0.717) is 5.56 Å². The van der Waals surface area contributed by atoms with Gasteiger partial charge in [-0.2, -0.15) is 0 Å². The van der Waals surface area contributed by atoms with E-state index in [1.807, 2.05) is 50.2 Å². The number of H-pyrrole nitrogens is 1. The van der Waals surface area contributed by atoms with E-state index >= 15 is 0 Å². The number of aromatic nitrogens is 1. The molecule has 3 heteroatoms. The number of aromatic amines is 1. The van der Waals surface area contributed by atoms with Gasteiger partial charge in [0.15, 0.2) is 5.78 Å². The molecule has 0 aliphatic carbocycles. The molecule has 0 fully saturated rings. The molecule has 0 saturated carbocycles. The zero-order chi connectivity index (χ0) is 14.3. The Balaban J connectivity index is 2.21. The van der Waals surface area contributed by atoms with Gasteiger partial charge < -0.3 is 4.98 Å². The molecule has 1 N–H and O–H groups in total. The summed E-state index contributed by atoms with van der Waals surface area (Å²) >= 11 is 3.47. The zero-order valence-corrected chi connectivity index (χ0v) is 12.9. The summed E-state index contributed by atoms with van der Waals surface area (Å²) in [6.45, 7) is 4.02. The highest BCUT2D eigenvalue weighted by Gasteiger charge is 2.17. The lowest BCUT2D eigenvalue weighted by molar-refractivity contribution is 0.103. The second-order valence-corrected chi connectivity index (χ2v) is 5.87. The number of fused-ring (bicyclic) bond motifs is 1. The molecule has 0 amide bonds. The van der Waals surface area contributed by atoms with Crippen LogP contribution in [0.3, 0.4) is 0 Å². The second kappa shape index (κ2) is 4.91. The first-order valence-electron chi connectivity index (χ1n) is 6.45. The maximum absolute atomic E-state index is 12.8. The Morgan fingerprint density at radius 3 is 2.70 bits per heavy atom. The van der Waals surface area contributed by atoms with E-state index in [4.69, 9.17) is 0 Å². The van der Waals surface area contributed by atoms with Crippen molar-refractivity contribution in [2.45, 2.75) is 13.8 Å². The molecule has 0 unspecified atom stereocenters. The standard InChI is InChI=1S/C17H14BrNO/c1-10-6-7-14(18)12(8-10)17(20)13-9-19-15-5-3-4-11(2)16(13)15/h3-9,19H,1-2H3. The molecule has 0 radical (unpaired) electrons. The molecule has 0 spiro atoms. The van der Waals surface area contributed by atoms with E-state index in [1.54, 1.807) is 6.20 Å². The lowest BCUT2D eigenvalue weighted by Gasteiger charge is -2.05. The highest BCUT2D eigenvalue weighted by molar-refractivity contribution is 9.10. The van der Waals surface area contributed by atoms with Gasteiger partial charge in [-0.1, -0.05) is 39.7 Å². The third-order valence-corrected chi connectivity index (χ3v) is 4.22. The van der Waals surface area contributed by atoms with Gasteiger partial charge in [0.2, 0.25) is 0 Å². The van der Waals surface area contributed by atoms with Gasteiger partial charge in [-0.05, 0) is 37.6 Å². The maximum atomic E-state index is 12.8. The van der Waals surface area contributed by atoms with Crippen LogP contribution in [-0.2, 0) is 0 Å². The van der Waals surface area contributed by atoms with Gasteiger partial charge >= 0.3 is 0 Å². The van der Waals surface area contributed by atoms with Crippen molar-refractivity contribution in [2.75, 3.05) is 0 Å². The van der Waals surface area contributed by atoms with Gasteiger partial charge in [-0.3, -0.25) is 4.79 Å². The number of carbonyl (C=O) groups excluding carboxylic acids is 1. The molecule has 100 valence electrons. The van der Waals surface area contributed by atoms with E-state index in [9.17, 15) is 4.79 Å². The number of halogens is 1. The van der Waals surface area contributed by atoms with Crippen LogP contribution < -0.4 is 0 Å². The number of hydrogen-bond donors (Lipinski definition) is 1. The number of aryl methyl sites for hydroxylation is 2. The minimum atomic E-state index is 0.0427. The van der Waals surface area contributed by atoms with Crippen molar-refractivity contribution >= 4 is 32.6 Å². The largest absolute Gasteiger partial charge is 0.360 e. The van der Waals surface area contributed by atoms with Crippen LogP contribution in [0.1, 0.15) is 27.0 Å². The third kappa shape index (κ3) is 2.08. The Hall–Kier alpha value is -1.87. The van der Waals surface area contributed by atoms with Gasteiger partial charge in [0.25, 0.3) is 0 Å². The van der Waals surface area contributed by atoms with Crippen LogP contribution >= 0.6 is 15.9 Å². The molecule has 2 aromatic carbocycles. The van der Waals surface area contributed by atoms with Crippen LogP contribution in [0.15, 0.2) is 47.1 Å². The van der Waals surface area contributed by atoms with Crippen LogP contribution in [0.2, 0.25) is 0 Å². The van der Waals surface area contributed by atoms with Crippen molar-refractivity contribution in [1.82, 2.24) is 4.98 Å². The first kappa shape index (κ1) is 13.1. The fourth-order valence-electron chi connectivity index (χ4n) is 2.50. The molecule has 1 aromatic heterocycles. The quantitative estimate of drug-likeness (QED) is 0.675. The maximum Gasteiger partial charge on any atom is 0.196 e. The monoisotopic (exact) mass is 327 g/mol. The first-order chi connectivity index (χ1) is 9.58. The normalized spacial score (nSPS) is 10.9. The molecule has 0 atom stereocenters. The lowest BCUT2D eigenvalue weighted by Crippen LogP contribution is -2.02. The molecule has 0 aliphatic heterocycles. The predicted molar refractivity (Wildman–Crippen MR) is 85.3 cm³/mol. The minimum absolute atomic E-state index is 0.0427. The Kier molecular flexibility index (Phi) is 3.22. The molecular formula is C17H14BrNO. The second-order valence-electron chi connectivity index (χ2n) is 5.01. The predicted octanol–water partition coefficient (Wildman–Crippen LogP) is 4.78. The first-order valence-corrected chi connectivity index (χ1v) is 7.25. The van der Waals surface area contributed by atoms with Crippen LogP contribution in [-0.4, -0.2) is 10.8 Å².